The van der Waals surface area contributed by atoms with Gasteiger partial charge in [-0.2, -0.15) is 5.10 Å². The van der Waals surface area contributed by atoms with Crippen LogP contribution >= 0.6 is 11.6 Å². The van der Waals surface area contributed by atoms with E-state index in [0.29, 0.717) is 35.6 Å². The molecular weight excluding hydrogens is 346 g/mol. The molecule has 0 spiro atoms. The van der Waals surface area contributed by atoms with Gasteiger partial charge in [0, 0.05) is 18.3 Å². The van der Waals surface area contributed by atoms with Crippen LogP contribution in [0.4, 0.5) is 11.6 Å². The second kappa shape index (κ2) is 7.71. The van der Waals surface area contributed by atoms with Gasteiger partial charge in [0.1, 0.15) is 23.9 Å². The molecule has 130 valence electrons. The van der Waals surface area contributed by atoms with Crippen molar-refractivity contribution in [3.63, 3.8) is 0 Å². The van der Waals surface area contributed by atoms with Gasteiger partial charge >= 0.3 is 0 Å². The van der Waals surface area contributed by atoms with Gasteiger partial charge in [0.15, 0.2) is 5.82 Å². The van der Waals surface area contributed by atoms with E-state index in [9.17, 15) is 0 Å². The van der Waals surface area contributed by atoms with E-state index >= 15 is 0 Å². The van der Waals surface area contributed by atoms with E-state index < -0.39 is 0 Å². The van der Waals surface area contributed by atoms with E-state index in [2.05, 4.69) is 25.5 Å². The number of H-pyrrole nitrogens is 1. The molecule has 0 amide bonds. The van der Waals surface area contributed by atoms with Crippen molar-refractivity contribution >= 4 is 23.2 Å². The fourth-order valence-electron chi connectivity index (χ4n) is 2.09. The predicted octanol–water partition coefficient (Wildman–Crippen LogP) is 3.19. The molecule has 3 aromatic rings. The van der Waals surface area contributed by atoms with E-state index in [1.165, 1.54) is 0 Å². The van der Waals surface area contributed by atoms with E-state index in [-0.39, 0.29) is 5.28 Å². The maximum atomic E-state index is 5.75. The lowest BCUT2D eigenvalue weighted by Crippen LogP contribution is -1.97. The Morgan fingerprint density at radius 1 is 1.08 bits per heavy atom. The molecule has 0 aliphatic heterocycles. The van der Waals surface area contributed by atoms with Crippen LogP contribution in [0.15, 0.2) is 36.5 Å². The zero-order chi connectivity index (χ0) is 17.6. The first-order valence-electron chi connectivity index (χ1n) is 7.32. The third kappa shape index (κ3) is 4.51. The smallest absolute Gasteiger partial charge is 0.224 e. The summed E-state index contributed by atoms with van der Waals surface area (Å²) in [6.45, 7) is 0.328. The Hall–Kier alpha value is -3.00. The quantitative estimate of drug-likeness (QED) is 0.624. The summed E-state index contributed by atoms with van der Waals surface area (Å²) in [5.41, 5.74) is 0.905. The van der Waals surface area contributed by atoms with Crippen molar-refractivity contribution < 1.29 is 14.2 Å². The van der Waals surface area contributed by atoms with Gasteiger partial charge in [-0.15, -0.1) is 0 Å². The van der Waals surface area contributed by atoms with Gasteiger partial charge in [-0.1, -0.05) is 0 Å². The van der Waals surface area contributed by atoms with Gasteiger partial charge in [-0.05, 0) is 35.4 Å². The van der Waals surface area contributed by atoms with Gasteiger partial charge in [-0.25, -0.2) is 15.1 Å². The number of aromatic nitrogens is 4. The van der Waals surface area contributed by atoms with Gasteiger partial charge in [-0.3, -0.25) is 0 Å². The van der Waals surface area contributed by atoms with Crippen molar-refractivity contribution in [2.24, 2.45) is 0 Å². The number of halogens is 1. The van der Waals surface area contributed by atoms with Gasteiger partial charge in [0.05, 0.1) is 14.2 Å². The topological polar surface area (TPSA) is 94.2 Å². The van der Waals surface area contributed by atoms with Crippen LogP contribution in [0.25, 0.3) is 0 Å². The highest BCUT2D eigenvalue weighted by atomic mass is 35.5. The first kappa shape index (κ1) is 16.8. The first-order valence-corrected chi connectivity index (χ1v) is 7.70. The van der Waals surface area contributed by atoms with E-state index in [4.69, 9.17) is 25.8 Å². The predicted molar refractivity (Wildman–Crippen MR) is 92.8 cm³/mol. The third-order valence-corrected chi connectivity index (χ3v) is 3.42. The Labute approximate surface area is 149 Å². The average molecular weight is 362 g/mol. The normalized spacial score (nSPS) is 10.4. The highest BCUT2D eigenvalue weighted by Crippen LogP contribution is 2.24. The van der Waals surface area contributed by atoms with Crippen LogP contribution in [-0.4, -0.2) is 34.4 Å². The Kier molecular flexibility index (Phi) is 5.20. The maximum absolute atomic E-state index is 5.75. The number of aromatic amines is 1. The number of nitrogens with zero attached hydrogens (tertiary/aromatic N) is 3. The van der Waals surface area contributed by atoms with Crippen LogP contribution in [-0.2, 0) is 6.61 Å². The molecule has 25 heavy (non-hydrogen) atoms. The second-order valence-corrected chi connectivity index (χ2v) is 5.30. The van der Waals surface area contributed by atoms with Crippen LogP contribution in [0.3, 0.4) is 0 Å². The summed E-state index contributed by atoms with van der Waals surface area (Å²) < 4.78 is 16.2. The van der Waals surface area contributed by atoms with Gasteiger partial charge in [0.25, 0.3) is 0 Å². The van der Waals surface area contributed by atoms with Crippen molar-refractivity contribution in [3.8, 4) is 17.4 Å². The van der Waals surface area contributed by atoms with Crippen molar-refractivity contribution in [2.45, 2.75) is 6.61 Å². The first-order chi connectivity index (χ1) is 12.2. The van der Waals surface area contributed by atoms with Crippen LogP contribution in [0.2, 0.25) is 5.28 Å². The summed E-state index contributed by atoms with van der Waals surface area (Å²) in [4.78, 5) is 7.85. The Morgan fingerprint density at radius 2 is 1.84 bits per heavy atom. The summed E-state index contributed by atoms with van der Waals surface area (Å²) in [5.74, 6) is 2.99. The number of anilines is 2. The molecule has 0 atom stereocenters. The lowest BCUT2D eigenvalue weighted by molar-refractivity contribution is 0.291. The van der Waals surface area contributed by atoms with E-state index in [1.54, 1.807) is 38.6 Å². The minimum atomic E-state index is 0.156. The monoisotopic (exact) mass is 361 g/mol. The molecule has 0 aliphatic carbocycles. The number of hydrogen-bond acceptors (Lipinski definition) is 7. The number of nitrogens with one attached hydrogen (secondary N) is 2. The van der Waals surface area contributed by atoms with Crippen molar-refractivity contribution in [1.82, 2.24) is 20.2 Å². The summed E-state index contributed by atoms with van der Waals surface area (Å²) in [6.07, 6.45) is 1.55. The SMILES string of the molecule is COc1cc(COc2cc(Nc3ccnc(Cl)n3)n[nH]2)cc(OC)c1. The highest BCUT2D eigenvalue weighted by Gasteiger charge is 2.06. The molecule has 2 N–H and O–H groups in total. The number of ether oxygens (including phenoxy) is 3. The molecule has 0 bridgehead atoms. The van der Waals surface area contributed by atoms with Crippen molar-refractivity contribution in [3.05, 3.63) is 47.4 Å². The minimum Gasteiger partial charge on any atom is -0.497 e. The lowest BCUT2D eigenvalue weighted by atomic mass is 10.2. The van der Waals surface area contributed by atoms with E-state index in [0.717, 1.165) is 5.56 Å². The number of methoxy groups -OCH3 is 2. The van der Waals surface area contributed by atoms with Crippen LogP contribution in [0.5, 0.6) is 17.4 Å². The zero-order valence-corrected chi connectivity index (χ0v) is 14.4. The average Bonchev–Trinajstić information content (AvgIpc) is 3.07. The highest BCUT2D eigenvalue weighted by molar-refractivity contribution is 6.28. The summed E-state index contributed by atoms with van der Waals surface area (Å²) in [6, 6.07) is 8.95. The third-order valence-electron chi connectivity index (χ3n) is 3.24. The number of rotatable bonds is 7. The molecule has 3 rings (SSSR count). The maximum Gasteiger partial charge on any atom is 0.224 e. The van der Waals surface area contributed by atoms with Gasteiger partial charge < -0.3 is 19.5 Å². The fraction of sp³-hybridized carbons (Fsp3) is 0.188. The molecule has 0 saturated carbocycles. The Balaban J connectivity index is 1.64. The molecule has 1 aromatic carbocycles. The summed E-state index contributed by atoms with van der Waals surface area (Å²) in [5, 5.41) is 10.1. The van der Waals surface area contributed by atoms with E-state index in [1.807, 2.05) is 12.1 Å². The molecule has 2 aromatic heterocycles. The molecule has 0 radical (unpaired) electrons. The number of benzene rings is 1. The fourth-order valence-corrected chi connectivity index (χ4v) is 2.24. The van der Waals surface area contributed by atoms with Crippen LogP contribution in [0, 0.1) is 0 Å². The molecule has 0 aliphatic rings. The van der Waals surface area contributed by atoms with Crippen molar-refractivity contribution in [1.29, 1.82) is 0 Å². The van der Waals surface area contributed by atoms with Crippen molar-refractivity contribution in [2.75, 3.05) is 19.5 Å². The number of hydrogen-bond donors (Lipinski definition) is 2. The lowest BCUT2D eigenvalue weighted by Gasteiger charge is -2.08. The van der Waals surface area contributed by atoms with Gasteiger partial charge in [0.2, 0.25) is 11.2 Å². The summed E-state index contributed by atoms with van der Waals surface area (Å²) >= 11 is 5.75. The molecule has 2 heterocycles. The second-order valence-electron chi connectivity index (χ2n) is 4.96. The standard InChI is InChI=1S/C16H16ClN5O3/c1-23-11-5-10(6-12(7-11)24-2)9-25-15-8-14(21-22-15)19-13-3-4-18-16(17)20-13/h3-8H,9H2,1-2H3,(H2,18,19,20,21,22). The Morgan fingerprint density at radius 3 is 2.52 bits per heavy atom. The van der Waals surface area contributed by atoms with Crippen LogP contribution in [0.1, 0.15) is 5.56 Å². The largest absolute Gasteiger partial charge is 0.497 e. The molecule has 0 fully saturated rings. The molecular formula is C16H16ClN5O3. The minimum absolute atomic E-state index is 0.156. The molecule has 9 heteroatoms. The summed E-state index contributed by atoms with van der Waals surface area (Å²) in [7, 11) is 3.21. The zero-order valence-electron chi connectivity index (χ0n) is 13.6. The molecule has 0 unspecified atom stereocenters. The Bertz CT molecular complexity index is 833. The molecule has 0 saturated heterocycles. The van der Waals surface area contributed by atoms with Crippen LogP contribution < -0.4 is 19.5 Å². The molecule has 8 nitrogen and oxygen atoms in total.